The maximum atomic E-state index is 12.6. The van der Waals surface area contributed by atoms with Gasteiger partial charge < -0.3 is 4.74 Å². The Balaban J connectivity index is 1.92. The predicted molar refractivity (Wildman–Crippen MR) is 94.5 cm³/mol. The van der Waals surface area contributed by atoms with E-state index in [9.17, 15) is 13.2 Å². The number of hydrogen-bond donors (Lipinski definition) is 0. The fraction of sp³-hybridized carbons (Fsp3) is 0.529. The van der Waals surface area contributed by atoms with Crippen molar-refractivity contribution < 1.29 is 17.9 Å². The topological polar surface area (TPSA) is 78.3 Å². The summed E-state index contributed by atoms with van der Waals surface area (Å²) in [6.07, 6.45) is 5.47. The molecule has 0 spiro atoms. The summed E-state index contributed by atoms with van der Waals surface area (Å²) < 4.78 is 32.7. The Morgan fingerprint density at radius 2 is 2.12 bits per heavy atom. The van der Waals surface area contributed by atoms with Crippen LogP contribution in [0.25, 0.3) is 11.3 Å². The molecule has 1 aliphatic carbocycles. The van der Waals surface area contributed by atoms with Crippen molar-refractivity contribution in [3.8, 4) is 11.3 Å². The zero-order valence-corrected chi connectivity index (χ0v) is 15.7. The molecule has 25 heavy (non-hydrogen) atoms. The average molecular weight is 380 g/mol. The van der Waals surface area contributed by atoms with E-state index in [4.69, 9.17) is 4.74 Å². The third-order valence-corrected chi connectivity index (χ3v) is 8.11. The molecule has 4 rings (SSSR count). The van der Waals surface area contributed by atoms with E-state index in [1.807, 2.05) is 10.7 Å². The second kappa shape index (κ2) is 6.25. The molecular formula is C17H20N2O4S2. The van der Waals surface area contributed by atoms with Crippen LogP contribution in [0.3, 0.4) is 0 Å². The zero-order valence-electron chi connectivity index (χ0n) is 14.0. The summed E-state index contributed by atoms with van der Waals surface area (Å²) in [5.74, 6) is -0.723. The number of carbonyl (C=O) groups is 1. The van der Waals surface area contributed by atoms with Gasteiger partial charge in [-0.2, -0.15) is 5.10 Å². The highest BCUT2D eigenvalue weighted by atomic mass is 32.2. The highest BCUT2D eigenvalue weighted by Gasteiger charge is 2.38. The van der Waals surface area contributed by atoms with Crippen LogP contribution in [0.5, 0.6) is 0 Å². The molecule has 0 amide bonds. The first-order chi connectivity index (χ1) is 12.0. The molecule has 0 atom stereocenters. The third kappa shape index (κ3) is 2.71. The molecule has 134 valence electrons. The first kappa shape index (κ1) is 16.8. The predicted octanol–water partition coefficient (Wildman–Crippen LogP) is 3.58. The molecule has 8 heteroatoms. The van der Waals surface area contributed by atoms with Crippen LogP contribution in [-0.4, -0.2) is 30.8 Å². The molecule has 2 aliphatic rings. The van der Waals surface area contributed by atoms with E-state index in [1.165, 1.54) is 17.8 Å². The standard InChI is InChI=1S/C17H20N2O4S2/c1-2-23-16(20)14-13-10-25(21,22)17-12(8-9-24-17)15(13)19(18-14)11-6-4-3-5-7-11/h8-9,11H,2-7,10H2,1H3. The maximum Gasteiger partial charge on any atom is 0.359 e. The number of hydrogen-bond acceptors (Lipinski definition) is 6. The van der Waals surface area contributed by atoms with Crippen LogP contribution in [-0.2, 0) is 20.3 Å². The van der Waals surface area contributed by atoms with Gasteiger partial charge >= 0.3 is 5.97 Å². The number of rotatable bonds is 3. The van der Waals surface area contributed by atoms with Gasteiger partial charge in [0.1, 0.15) is 4.21 Å². The molecule has 3 heterocycles. The fourth-order valence-corrected chi connectivity index (χ4v) is 6.65. The minimum absolute atomic E-state index is 0.155. The Morgan fingerprint density at radius 3 is 2.84 bits per heavy atom. The highest BCUT2D eigenvalue weighted by molar-refractivity contribution is 7.93. The zero-order chi connectivity index (χ0) is 17.6. The quantitative estimate of drug-likeness (QED) is 0.761. The van der Waals surface area contributed by atoms with Gasteiger partial charge in [0.25, 0.3) is 0 Å². The number of ether oxygens (including phenoxy) is 1. The van der Waals surface area contributed by atoms with E-state index in [0.717, 1.165) is 31.4 Å². The summed E-state index contributed by atoms with van der Waals surface area (Å²) in [5.41, 5.74) is 2.12. The first-order valence-corrected chi connectivity index (χ1v) is 11.1. The third-order valence-electron chi connectivity index (χ3n) is 4.90. The van der Waals surface area contributed by atoms with Gasteiger partial charge in [-0.1, -0.05) is 19.3 Å². The Kier molecular flexibility index (Phi) is 4.19. The highest BCUT2D eigenvalue weighted by Crippen LogP contribution is 2.44. The molecule has 0 bridgehead atoms. The first-order valence-electron chi connectivity index (χ1n) is 8.62. The van der Waals surface area contributed by atoms with Crippen molar-refractivity contribution in [1.82, 2.24) is 9.78 Å². The van der Waals surface area contributed by atoms with Crippen LogP contribution in [0.1, 0.15) is 61.1 Å². The van der Waals surface area contributed by atoms with Gasteiger partial charge in [-0.15, -0.1) is 11.3 Å². The lowest BCUT2D eigenvalue weighted by atomic mass is 9.95. The lowest BCUT2D eigenvalue weighted by Crippen LogP contribution is -2.18. The number of sulfone groups is 1. The number of nitrogens with zero attached hydrogens (tertiary/aromatic N) is 2. The van der Waals surface area contributed by atoms with Crippen molar-refractivity contribution in [1.29, 1.82) is 0 Å². The molecular weight excluding hydrogens is 360 g/mol. The number of esters is 1. The van der Waals surface area contributed by atoms with E-state index in [0.29, 0.717) is 15.3 Å². The fourth-order valence-electron chi connectivity index (χ4n) is 3.81. The number of carbonyl (C=O) groups excluding carboxylic acids is 1. The van der Waals surface area contributed by atoms with E-state index in [-0.39, 0.29) is 24.1 Å². The van der Waals surface area contributed by atoms with Gasteiger partial charge in [-0.3, -0.25) is 4.68 Å². The second-order valence-electron chi connectivity index (χ2n) is 6.51. The number of fused-ring (bicyclic) bond motifs is 3. The molecule has 2 aromatic rings. The molecule has 1 fully saturated rings. The van der Waals surface area contributed by atoms with Gasteiger partial charge in [-0.25, -0.2) is 13.2 Å². The Morgan fingerprint density at radius 1 is 1.36 bits per heavy atom. The average Bonchev–Trinajstić information content (AvgIpc) is 3.20. The molecule has 0 unspecified atom stereocenters. The normalized spacial score (nSPS) is 19.2. The second-order valence-corrected chi connectivity index (χ2v) is 9.61. The summed E-state index contributed by atoms with van der Waals surface area (Å²) >= 11 is 1.23. The van der Waals surface area contributed by atoms with Gasteiger partial charge in [-0.05, 0) is 31.2 Å². The van der Waals surface area contributed by atoms with Gasteiger partial charge in [0, 0.05) is 11.1 Å². The monoisotopic (exact) mass is 380 g/mol. The van der Waals surface area contributed by atoms with E-state index in [1.54, 1.807) is 12.3 Å². The molecule has 1 saturated carbocycles. The molecule has 0 saturated heterocycles. The van der Waals surface area contributed by atoms with Crippen LogP contribution >= 0.6 is 11.3 Å². The molecule has 2 aromatic heterocycles. The van der Waals surface area contributed by atoms with Crippen molar-refractivity contribution >= 4 is 27.1 Å². The maximum absolute atomic E-state index is 12.6. The van der Waals surface area contributed by atoms with E-state index in [2.05, 4.69) is 5.10 Å². The minimum Gasteiger partial charge on any atom is -0.461 e. The SMILES string of the molecule is CCOC(=O)c1nn(C2CCCCC2)c2c1CS(=O)(=O)c1sccc1-2. The van der Waals surface area contributed by atoms with Crippen molar-refractivity contribution in [2.24, 2.45) is 0 Å². The van der Waals surface area contributed by atoms with Gasteiger partial charge in [0.05, 0.1) is 24.1 Å². The summed E-state index contributed by atoms with van der Waals surface area (Å²) in [6, 6.07) is 2.03. The summed E-state index contributed by atoms with van der Waals surface area (Å²) in [4.78, 5) is 12.4. The summed E-state index contributed by atoms with van der Waals surface area (Å²) in [5, 5.41) is 6.35. The Bertz CT molecular complexity index is 921. The molecule has 0 aromatic carbocycles. The molecule has 1 aliphatic heterocycles. The lowest BCUT2D eigenvalue weighted by Gasteiger charge is -2.25. The lowest BCUT2D eigenvalue weighted by molar-refractivity contribution is 0.0517. The van der Waals surface area contributed by atoms with Gasteiger partial charge in [0.15, 0.2) is 15.5 Å². The molecule has 0 radical (unpaired) electrons. The van der Waals surface area contributed by atoms with Crippen molar-refractivity contribution in [2.45, 2.75) is 55.0 Å². The van der Waals surface area contributed by atoms with Gasteiger partial charge in [0.2, 0.25) is 0 Å². The smallest absolute Gasteiger partial charge is 0.359 e. The largest absolute Gasteiger partial charge is 0.461 e. The van der Waals surface area contributed by atoms with Crippen LogP contribution in [0.15, 0.2) is 15.7 Å². The van der Waals surface area contributed by atoms with Crippen molar-refractivity contribution in [2.75, 3.05) is 6.61 Å². The Hall–Kier alpha value is -1.67. The number of thiophene rings is 1. The van der Waals surface area contributed by atoms with E-state index >= 15 is 0 Å². The van der Waals surface area contributed by atoms with Crippen LogP contribution in [0.4, 0.5) is 0 Å². The van der Waals surface area contributed by atoms with Crippen molar-refractivity contribution in [3.63, 3.8) is 0 Å². The van der Waals surface area contributed by atoms with Crippen LogP contribution in [0, 0.1) is 0 Å². The summed E-state index contributed by atoms with van der Waals surface area (Å²) in [7, 11) is -3.44. The number of aromatic nitrogens is 2. The molecule has 0 N–H and O–H groups in total. The summed E-state index contributed by atoms with van der Waals surface area (Å²) in [6.45, 7) is 1.97. The van der Waals surface area contributed by atoms with Crippen molar-refractivity contribution in [3.05, 3.63) is 22.7 Å². The van der Waals surface area contributed by atoms with Crippen LogP contribution < -0.4 is 0 Å². The van der Waals surface area contributed by atoms with E-state index < -0.39 is 15.8 Å². The Labute approximate surface area is 150 Å². The van der Waals surface area contributed by atoms with Crippen LogP contribution in [0.2, 0.25) is 0 Å². The minimum atomic E-state index is -3.44. The molecule has 6 nitrogen and oxygen atoms in total.